The van der Waals surface area contributed by atoms with Crippen LogP contribution in [0.3, 0.4) is 0 Å². The second-order valence-corrected chi connectivity index (χ2v) is 34.4. The highest BCUT2D eigenvalue weighted by Gasteiger charge is 2.44. The molecule has 132 heavy (non-hydrogen) atoms. The summed E-state index contributed by atoms with van der Waals surface area (Å²) in [5.74, 6) is -24.5. The molecular weight excluding hydrogens is 1790 g/mol. The number of H-pyrrole nitrogens is 1. The van der Waals surface area contributed by atoms with Gasteiger partial charge in [0, 0.05) is 56.4 Å². The number of hydrogen-bond acceptors (Lipinski definition) is 29. The van der Waals surface area contributed by atoms with E-state index in [0.717, 1.165) is 6.92 Å². The number of aliphatic hydroxyl groups is 2. The smallest absolute Gasteiger partial charge is 0.326 e. The molecule has 0 aromatic carbocycles. The summed E-state index contributed by atoms with van der Waals surface area (Å²) >= 11 is 6.41. The average Bonchev–Trinajstić information content (AvgIpc) is 1.67. The second kappa shape index (κ2) is 61.5. The molecule has 2 heterocycles. The van der Waals surface area contributed by atoms with Gasteiger partial charge < -0.3 is 144 Å². The zero-order chi connectivity index (χ0) is 99.8. The molecule has 1 fully saturated rings. The highest BCUT2D eigenvalue weighted by molar-refractivity contribution is 7.98. The minimum Gasteiger partial charge on any atom is -0.481 e. The first kappa shape index (κ1) is 117. The van der Waals surface area contributed by atoms with Gasteiger partial charge in [0.1, 0.15) is 90.6 Å². The van der Waals surface area contributed by atoms with Crippen LogP contribution in [0.15, 0.2) is 17.5 Å². The number of amides is 17. The first-order chi connectivity index (χ1) is 62.3. The molecule has 1 aliphatic heterocycles. The number of carbonyl (C=O) groups is 20. The highest BCUT2D eigenvalue weighted by Crippen LogP contribution is 2.23. The molecule has 0 bridgehead atoms. The first-order valence-corrected chi connectivity index (χ1v) is 46.9. The zero-order valence-electron chi connectivity index (χ0n) is 75.8. The summed E-state index contributed by atoms with van der Waals surface area (Å²) in [6.07, 6.45) is 0.854. The van der Waals surface area contributed by atoms with Gasteiger partial charge in [-0.2, -0.15) is 36.2 Å². The number of carbonyl (C=O) groups excluding carboxylic acids is 17. The molecule has 744 valence electrons. The standard InChI is InChI=1S/C80H136N24O25S3/c1-10-39(4)60(74(123)94-49(26-31-131-8)67(116)91-45(18-15-29-88-80(85)86)69(118)100-61(40(5)11-2)75(124)96-51(17-13-14-28-81)78(127)104-30-16-19-55(104)73(122)98-53(79(128)129)33-43-35-87-38-89-43)101-70(119)46(20-23-56(83)107)92-68(117)50(27-32-132-9)95-77(126)63(42(7)106)103-76(125)62(41(6)12-3)102-71(120)52(34-57(84)108)97-72(121)54(36-105)99-66(115)48(22-25-59(111)112)93-65(114)47(21-24-58(109)110)90-64(113)44(82)37-130/h35,38-42,44-55,60-63,105-106,130H,10-34,36-37,81-82H2,1-9H3,(H2,83,107)(H2,84,108)(H,87,89)(H,90,113)(H,91,116)(H,92,117)(H,93,114)(H,94,123)(H,95,126)(H,96,124)(H,97,121)(H,98,122)(H,99,115)(H,100,118)(H,101,119)(H,102,120)(H,103,125)(H,109,110)(H,111,112)(H,128,129)(H4,85,86,88)/t39-,40-,41-,42+,44-,45-,46-,47-,48-,49-,50-,51-,52-,53-,54-,55-,60-,61-,62-,63-/m0/s1. The molecule has 1 aromatic heterocycles. The second-order valence-electron chi connectivity index (χ2n) is 32.1. The monoisotopic (exact) mass is 1930 g/mol. The van der Waals surface area contributed by atoms with E-state index in [1.807, 2.05) is 0 Å². The minimum absolute atomic E-state index is 0.0430. The summed E-state index contributed by atoms with van der Waals surface area (Å²) in [6, 6.07) is -25.6. The van der Waals surface area contributed by atoms with E-state index in [1.54, 1.807) is 47.1 Å². The van der Waals surface area contributed by atoms with Crippen LogP contribution in [-0.4, -0.2) is 323 Å². The van der Waals surface area contributed by atoms with E-state index in [1.165, 1.54) is 47.9 Å². The van der Waals surface area contributed by atoms with Crippen LogP contribution in [0.5, 0.6) is 0 Å². The number of hydrogen-bond donors (Lipinski definition) is 27. The topological polar surface area (TPSA) is 811 Å². The summed E-state index contributed by atoms with van der Waals surface area (Å²) in [5.41, 5.74) is 34.3. The van der Waals surface area contributed by atoms with Crippen molar-refractivity contribution in [1.29, 1.82) is 0 Å². The van der Waals surface area contributed by atoms with E-state index < -0.39 is 290 Å². The third-order valence-electron chi connectivity index (χ3n) is 21.8. The molecule has 1 saturated heterocycles. The Morgan fingerprint density at radius 3 is 1.28 bits per heavy atom. The molecule has 17 amide bonds. The number of carboxylic acid groups (broad SMARTS) is 3. The fourth-order valence-electron chi connectivity index (χ4n) is 13.4. The first-order valence-electron chi connectivity index (χ1n) is 43.4. The third-order valence-corrected chi connectivity index (χ3v) is 23.4. The number of aromatic nitrogens is 2. The summed E-state index contributed by atoms with van der Waals surface area (Å²) in [4.78, 5) is 286. The number of likely N-dealkylation sites (tertiary alicyclic amines) is 1. The van der Waals surface area contributed by atoms with E-state index in [0.29, 0.717) is 25.0 Å². The van der Waals surface area contributed by atoms with Crippen LogP contribution in [-0.2, 0) is 102 Å². The Labute approximate surface area is 778 Å². The van der Waals surface area contributed by atoms with Crippen molar-refractivity contribution in [2.24, 2.45) is 57.1 Å². The largest absolute Gasteiger partial charge is 0.481 e. The molecular formula is C80H136N24O25S3. The number of nitrogens with two attached hydrogens (primary N) is 6. The van der Waals surface area contributed by atoms with Gasteiger partial charge in [-0.3, -0.25) is 96.1 Å². The van der Waals surface area contributed by atoms with Crippen LogP contribution < -0.4 is 109 Å². The predicted octanol–water partition coefficient (Wildman–Crippen LogP) is -7.86. The van der Waals surface area contributed by atoms with Gasteiger partial charge >= 0.3 is 17.9 Å². The van der Waals surface area contributed by atoms with Gasteiger partial charge in [0.05, 0.1) is 31.5 Å². The number of carboxylic acids is 3. The number of thiol groups is 1. The summed E-state index contributed by atoms with van der Waals surface area (Å²) in [5, 5.41) is 84.7. The number of aromatic amines is 1. The number of nitrogens with one attached hydrogen (secondary N) is 15. The molecule has 0 spiro atoms. The Morgan fingerprint density at radius 2 is 0.879 bits per heavy atom. The lowest BCUT2D eigenvalue weighted by molar-refractivity contribution is -0.145. The summed E-state index contributed by atoms with van der Waals surface area (Å²) < 4.78 is 0. The van der Waals surface area contributed by atoms with E-state index >= 15 is 0 Å². The Bertz CT molecular complexity index is 4060. The Hall–Kier alpha value is -11.2. The number of aliphatic carboxylic acids is 3. The van der Waals surface area contributed by atoms with E-state index in [-0.39, 0.29) is 107 Å². The number of imidazole rings is 1. The van der Waals surface area contributed by atoms with Crippen molar-refractivity contribution in [3.05, 3.63) is 18.2 Å². The third kappa shape index (κ3) is 41.7. The molecule has 32 N–H and O–H groups in total. The maximum absolute atomic E-state index is 14.8. The van der Waals surface area contributed by atoms with Crippen molar-refractivity contribution in [2.45, 2.75) is 280 Å². The average molecular weight is 1930 g/mol. The van der Waals surface area contributed by atoms with Crippen LogP contribution in [0.25, 0.3) is 0 Å². The SMILES string of the molecule is CC[C@H](C)[C@H](NC(=O)[C@H](CCC(N)=O)NC(=O)[C@H](CCSC)NC(=O)[C@@H](NC(=O)[C@@H](NC(=O)[C@H](CC(N)=O)NC(=O)[C@H](CO)NC(=O)[C@H](CCC(=O)O)NC(=O)[C@H](CCC(=O)O)NC(=O)[C@@H](N)CS)[C@@H](C)CC)[C@@H](C)O)C(=O)N[C@@H](CCSC)C(=O)N[C@@H](CCCN=C(N)N)C(=O)N[C@H](C(=O)N[C@@H](CCCCN)C(=O)N1CCC[C@H]1C(=O)N[C@@H](Cc1cnc[nH]1)C(=O)O)[C@@H](C)CC. The van der Waals surface area contributed by atoms with Gasteiger partial charge in [0.15, 0.2) is 5.96 Å². The van der Waals surface area contributed by atoms with Crippen molar-refractivity contribution in [2.75, 3.05) is 56.0 Å². The molecule has 0 saturated carbocycles. The van der Waals surface area contributed by atoms with Crippen LogP contribution in [0, 0.1) is 17.8 Å². The Morgan fingerprint density at radius 1 is 0.492 bits per heavy atom. The molecule has 0 radical (unpaired) electrons. The number of primary amides is 2. The number of aliphatic hydroxyl groups excluding tert-OH is 2. The zero-order valence-corrected chi connectivity index (χ0v) is 78.3. The fraction of sp³-hybridized carbons (Fsp3) is 0.700. The lowest BCUT2D eigenvalue weighted by Gasteiger charge is -2.32. The Balaban J connectivity index is 2.54. The molecule has 1 aliphatic rings. The molecule has 0 unspecified atom stereocenters. The Kier molecular flexibility index (Phi) is 54.4. The van der Waals surface area contributed by atoms with Gasteiger partial charge in [0.2, 0.25) is 100 Å². The molecule has 20 atom stereocenters. The van der Waals surface area contributed by atoms with E-state index in [9.17, 15) is 121 Å². The van der Waals surface area contributed by atoms with E-state index in [2.05, 4.69) is 102 Å². The number of thioether (sulfide) groups is 2. The van der Waals surface area contributed by atoms with Crippen molar-refractivity contribution < 1.29 is 121 Å². The highest BCUT2D eigenvalue weighted by atomic mass is 32.2. The normalized spacial score (nSPS) is 16.7. The predicted molar refractivity (Wildman–Crippen MR) is 485 cm³/mol. The van der Waals surface area contributed by atoms with Gasteiger partial charge in [0.25, 0.3) is 0 Å². The fourth-order valence-corrected chi connectivity index (χ4v) is 14.5. The maximum Gasteiger partial charge on any atom is 0.326 e. The number of rotatable bonds is 66. The molecule has 2 rings (SSSR count). The molecule has 52 heteroatoms. The number of guanidine groups is 1. The van der Waals surface area contributed by atoms with Crippen LogP contribution in [0.2, 0.25) is 0 Å². The van der Waals surface area contributed by atoms with Crippen LogP contribution >= 0.6 is 36.2 Å². The molecule has 0 aliphatic carbocycles. The summed E-state index contributed by atoms with van der Waals surface area (Å²) in [7, 11) is 0. The van der Waals surface area contributed by atoms with Crippen LogP contribution in [0.1, 0.15) is 176 Å². The van der Waals surface area contributed by atoms with Crippen molar-refractivity contribution in [1.82, 2.24) is 89.3 Å². The number of unbranched alkanes of at least 4 members (excludes halogenated alkanes) is 1. The number of aliphatic imine (C=N–C) groups is 1. The maximum atomic E-state index is 14.8. The van der Waals surface area contributed by atoms with Crippen LogP contribution in [0.4, 0.5) is 0 Å². The number of nitrogens with zero attached hydrogens (tertiary/aromatic N) is 3. The minimum atomic E-state index is -2.07. The molecule has 1 aromatic rings. The van der Waals surface area contributed by atoms with E-state index in [4.69, 9.17) is 34.4 Å². The van der Waals surface area contributed by atoms with Crippen molar-refractivity contribution in [3.8, 4) is 0 Å². The lowest BCUT2D eigenvalue weighted by Crippen LogP contribution is -2.63. The van der Waals surface area contributed by atoms with Gasteiger partial charge in [-0.1, -0.05) is 60.8 Å². The van der Waals surface area contributed by atoms with Gasteiger partial charge in [-0.15, -0.1) is 0 Å². The van der Waals surface area contributed by atoms with Gasteiger partial charge in [-0.25, -0.2) is 9.78 Å². The van der Waals surface area contributed by atoms with Gasteiger partial charge in [-0.05, 0) is 132 Å². The lowest BCUT2D eigenvalue weighted by atomic mass is 9.96. The molecule has 49 nitrogen and oxygen atoms in total. The van der Waals surface area contributed by atoms with Crippen molar-refractivity contribution in [3.63, 3.8) is 0 Å². The summed E-state index contributed by atoms with van der Waals surface area (Å²) in [6.45, 7) is 9.77. The quantitative estimate of drug-likeness (QED) is 0.0125. The van der Waals surface area contributed by atoms with Crippen molar-refractivity contribution >= 4 is 160 Å².